The molecule has 2 rings (SSSR count). The summed E-state index contributed by atoms with van der Waals surface area (Å²) < 4.78 is 38.5. The van der Waals surface area contributed by atoms with Crippen molar-refractivity contribution in [2.45, 2.75) is 13.3 Å². The summed E-state index contributed by atoms with van der Waals surface area (Å²) in [5.41, 5.74) is 0. The van der Waals surface area contributed by atoms with Gasteiger partial charge in [-0.3, -0.25) is 9.69 Å². The zero-order valence-electron chi connectivity index (χ0n) is 8.96. The van der Waals surface area contributed by atoms with E-state index < -0.39 is 21.9 Å². The third-order valence-electron chi connectivity index (χ3n) is 2.39. The highest BCUT2D eigenvalue weighted by Gasteiger charge is 2.36. The number of rotatable bonds is 3. The molecule has 1 atom stereocenters. The molecule has 1 aromatic heterocycles. The summed E-state index contributed by atoms with van der Waals surface area (Å²) in [6, 6.07) is 0.0197. The van der Waals surface area contributed by atoms with Crippen molar-refractivity contribution < 1.29 is 21.5 Å². The number of carbonyl (C=O) groups excluding carboxylic acids is 1. The van der Waals surface area contributed by atoms with Gasteiger partial charge < -0.3 is 4.42 Å². The molecule has 0 radical (unpaired) electrons. The van der Waals surface area contributed by atoms with Gasteiger partial charge in [-0.05, 0) is 0 Å². The molecule has 1 aliphatic heterocycles. The van der Waals surface area contributed by atoms with Crippen molar-refractivity contribution in [1.82, 2.24) is 10.2 Å². The van der Waals surface area contributed by atoms with Gasteiger partial charge in [-0.25, -0.2) is 0 Å². The minimum absolute atomic E-state index is 0.0197. The average Bonchev–Trinajstić information content (AvgIpc) is 2.70. The summed E-state index contributed by atoms with van der Waals surface area (Å²) in [6.07, 6.45) is -0.0371. The van der Waals surface area contributed by atoms with Crippen molar-refractivity contribution in [1.29, 1.82) is 0 Å². The molecule has 17 heavy (non-hydrogen) atoms. The fraction of sp³-hybridized carbons (Fsp3) is 0.625. The van der Waals surface area contributed by atoms with Gasteiger partial charge in [0.15, 0.2) is 0 Å². The van der Waals surface area contributed by atoms with E-state index in [0.29, 0.717) is 5.89 Å². The van der Waals surface area contributed by atoms with E-state index >= 15 is 0 Å². The molecule has 7 nitrogen and oxygen atoms in total. The van der Waals surface area contributed by atoms with Crippen molar-refractivity contribution in [3.63, 3.8) is 0 Å². The fourth-order valence-corrected chi connectivity index (χ4v) is 2.54. The summed E-state index contributed by atoms with van der Waals surface area (Å²) in [5.74, 6) is -1.29. The van der Waals surface area contributed by atoms with Crippen LogP contribution in [0.25, 0.3) is 0 Å². The van der Waals surface area contributed by atoms with Crippen LogP contribution in [-0.4, -0.2) is 36.8 Å². The van der Waals surface area contributed by atoms with E-state index in [0.717, 1.165) is 0 Å². The van der Waals surface area contributed by atoms with Crippen LogP contribution >= 0.6 is 0 Å². The lowest BCUT2D eigenvalue weighted by Gasteiger charge is -2.09. The van der Waals surface area contributed by atoms with Crippen molar-refractivity contribution in [2.24, 2.45) is 5.92 Å². The standard InChI is InChI=1S/C8H10FN3O4S/c1-5-10-11-8(16-5)12-3-6(2-7(12)13)4-17(9,14)15/h6H,2-4H2,1H3. The number of hydrogen-bond donors (Lipinski definition) is 0. The van der Waals surface area contributed by atoms with Crippen molar-refractivity contribution in [3.05, 3.63) is 5.89 Å². The van der Waals surface area contributed by atoms with Crippen LogP contribution in [0.4, 0.5) is 9.90 Å². The Morgan fingerprint density at radius 3 is 2.76 bits per heavy atom. The minimum atomic E-state index is -4.58. The quantitative estimate of drug-likeness (QED) is 0.714. The Kier molecular flexibility index (Phi) is 2.86. The van der Waals surface area contributed by atoms with Gasteiger partial charge in [-0.15, -0.1) is 8.98 Å². The molecule has 0 aliphatic carbocycles. The highest BCUT2D eigenvalue weighted by atomic mass is 32.3. The van der Waals surface area contributed by atoms with Gasteiger partial charge in [0, 0.05) is 25.8 Å². The average molecular weight is 263 g/mol. The Labute approximate surface area is 96.8 Å². The van der Waals surface area contributed by atoms with Crippen LogP contribution in [0.15, 0.2) is 4.42 Å². The smallest absolute Gasteiger partial charge is 0.324 e. The summed E-state index contributed by atoms with van der Waals surface area (Å²) in [6.45, 7) is 1.64. The number of aryl methyl sites for hydroxylation is 1. The first-order valence-corrected chi connectivity index (χ1v) is 6.43. The molecule has 0 bridgehead atoms. The molecule has 1 saturated heterocycles. The normalized spacial score (nSPS) is 21.2. The van der Waals surface area contributed by atoms with Gasteiger partial charge in [0.05, 0.1) is 5.75 Å². The molecule has 2 heterocycles. The fourth-order valence-electron chi connectivity index (χ4n) is 1.75. The Morgan fingerprint density at radius 2 is 2.24 bits per heavy atom. The maximum absolute atomic E-state index is 12.5. The predicted molar refractivity (Wildman–Crippen MR) is 54.4 cm³/mol. The zero-order chi connectivity index (χ0) is 12.6. The van der Waals surface area contributed by atoms with E-state index in [1.807, 2.05) is 0 Å². The first-order valence-electron chi connectivity index (χ1n) is 4.88. The summed E-state index contributed by atoms with van der Waals surface area (Å²) >= 11 is 0. The second-order valence-electron chi connectivity index (χ2n) is 3.88. The minimum Gasteiger partial charge on any atom is -0.408 e. The van der Waals surface area contributed by atoms with Gasteiger partial charge in [0.2, 0.25) is 11.8 Å². The lowest BCUT2D eigenvalue weighted by molar-refractivity contribution is -0.117. The number of carbonyl (C=O) groups is 1. The Morgan fingerprint density at radius 1 is 1.53 bits per heavy atom. The zero-order valence-corrected chi connectivity index (χ0v) is 9.78. The van der Waals surface area contributed by atoms with E-state index in [1.165, 1.54) is 4.90 Å². The first kappa shape index (κ1) is 12.0. The molecule has 1 amide bonds. The number of amides is 1. The van der Waals surface area contributed by atoms with E-state index in [2.05, 4.69) is 10.2 Å². The summed E-state index contributed by atoms with van der Waals surface area (Å²) in [5, 5.41) is 7.22. The van der Waals surface area contributed by atoms with Gasteiger partial charge in [0.25, 0.3) is 0 Å². The monoisotopic (exact) mass is 263 g/mol. The number of hydrogen-bond acceptors (Lipinski definition) is 6. The molecule has 1 unspecified atom stereocenters. The molecule has 1 fully saturated rings. The Hall–Kier alpha value is -1.51. The molecule has 9 heteroatoms. The highest BCUT2D eigenvalue weighted by molar-refractivity contribution is 7.86. The van der Waals surface area contributed by atoms with Crippen LogP contribution in [0.3, 0.4) is 0 Å². The molecule has 1 aliphatic rings. The molecule has 0 N–H and O–H groups in total. The van der Waals surface area contributed by atoms with Crippen LogP contribution < -0.4 is 4.90 Å². The maximum atomic E-state index is 12.5. The third-order valence-corrected chi connectivity index (χ3v) is 3.26. The number of anilines is 1. The topological polar surface area (TPSA) is 93.4 Å². The van der Waals surface area contributed by atoms with E-state index in [1.54, 1.807) is 6.92 Å². The van der Waals surface area contributed by atoms with Crippen molar-refractivity contribution in [2.75, 3.05) is 17.2 Å². The Balaban J connectivity index is 2.10. The Bertz CT molecular complexity index is 541. The predicted octanol–water partition coefficient (Wildman–Crippen LogP) is 0.0302. The van der Waals surface area contributed by atoms with Gasteiger partial charge in [-0.2, -0.15) is 8.42 Å². The number of halogens is 1. The van der Waals surface area contributed by atoms with Crippen LogP contribution in [-0.2, 0) is 15.0 Å². The summed E-state index contributed by atoms with van der Waals surface area (Å²) in [7, 11) is -4.58. The van der Waals surface area contributed by atoms with Gasteiger partial charge in [0.1, 0.15) is 0 Å². The lowest BCUT2D eigenvalue weighted by Crippen LogP contribution is -2.25. The number of nitrogens with zero attached hydrogens (tertiary/aromatic N) is 3. The van der Waals surface area contributed by atoms with Crippen molar-refractivity contribution >= 4 is 22.1 Å². The van der Waals surface area contributed by atoms with Crippen LogP contribution in [0.2, 0.25) is 0 Å². The third kappa shape index (κ3) is 2.78. The van der Waals surface area contributed by atoms with Crippen molar-refractivity contribution in [3.8, 4) is 0 Å². The maximum Gasteiger partial charge on any atom is 0.324 e. The lowest BCUT2D eigenvalue weighted by atomic mass is 10.1. The molecule has 94 valence electrons. The molecular weight excluding hydrogens is 253 g/mol. The summed E-state index contributed by atoms with van der Waals surface area (Å²) in [4.78, 5) is 12.7. The van der Waals surface area contributed by atoms with Crippen LogP contribution in [0, 0.1) is 12.8 Å². The molecular formula is C8H10FN3O4S. The van der Waals surface area contributed by atoms with E-state index in [4.69, 9.17) is 4.42 Å². The molecule has 1 aromatic rings. The second-order valence-corrected chi connectivity index (χ2v) is 5.29. The van der Waals surface area contributed by atoms with Crippen LogP contribution in [0.1, 0.15) is 12.3 Å². The second kappa shape index (κ2) is 4.06. The van der Waals surface area contributed by atoms with Crippen LogP contribution in [0.5, 0.6) is 0 Å². The van der Waals surface area contributed by atoms with Gasteiger partial charge in [-0.1, -0.05) is 5.10 Å². The van der Waals surface area contributed by atoms with Gasteiger partial charge >= 0.3 is 16.2 Å². The largest absolute Gasteiger partial charge is 0.408 e. The molecule has 0 saturated carbocycles. The number of aromatic nitrogens is 2. The van der Waals surface area contributed by atoms with E-state index in [9.17, 15) is 17.1 Å². The SMILES string of the molecule is Cc1nnc(N2CC(CS(=O)(=O)F)CC2=O)o1. The highest BCUT2D eigenvalue weighted by Crippen LogP contribution is 2.25. The first-order chi connectivity index (χ1) is 7.85. The molecule has 0 aromatic carbocycles. The van der Waals surface area contributed by atoms with E-state index in [-0.39, 0.29) is 24.9 Å². The molecule has 0 spiro atoms.